The lowest BCUT2D eigenvalue weighted by Crippen LogP contribution is -2.09. The Morgan fingerprint density at radius 2 is 0.873 bits per heavy atom. The van der Waals surface area contributed by atoms with Crippen molar-refractivity contribution >= 4 is 49.5 Å². The molecule has 0 fully saturated rings. The standard InChI is InChI=1S/C53H34N2/c1-4-14-37(15-5-1)49-44-21-10-11-22-45(44)50(38-16-6-2-7-17-38)53-47-32-31-42(43-23-12-24-46(51(43)47)52(49)53)35-25-28-40(29-26-35)55(39-19-8-3-9-20-39)41-30-27-36-18-13-33-54-48(36)34-41/h1-34H. The highest BCUT2D eigenvalue weighted by Crippen LogP contribution is 2.58. The maximum absolute atomic E-state index is 4.66. The molecule has 0 aliphatic heterocycles. The Kier molecular flexibility index (Phi) is 7.21. The lowest BCUT2D eigenvalue weighted by Gasteiger charge is -2.26. The molecule has 256 valence electrons. The van der Waals surface area contributed by atoms with E-state index in [0.29, 0.717) is 0 Å². The zero-order valence-corrected chi connectivity index (χ0v) is 30.0. The highest BCUT2D eigenvalue weighted by molar-refractivity contribution is 6.28. The van der Waals surface area contributed by atoms with Crippen LogP contribution in [0.5, 0.6) is 0 Å². The molecule has 1 aliphatic carbocycles. The minimum Gasteiger partial charge on any atom is -0.310 e. The summed E-state index contributed by atoms with van der Waals surface area (Å²) in [6.45, 7) is 0. The molecule has 0 atom stereocenters. The lowest BCUT2D eigenvalue weighted by atomic mass is 9.82. The number of hydrogen-bond donors (Lipinski definition) is 0. The molecule has 0 N–H and O–H groups in total. The number of benzene rings is 9. The van der Waals surface area contributed by atoms with E-state index >= 15 is 0 Å². The van der Waals surface area contributed by atoms with E-state index < -0.39 is 0 Å². The van der Waals surface area contributed by atoms with Crippen molar-refractivity contribution in [1.82, 2.24) is 4.98 Å². The van der Waals surface area contributed by atoms with Crippen LogP contribution in [0.25, 0.3) is 88.1 Å². The third-order valence-electron chi connectivity index (χ3n) is 11.2. The molecule has 55 heavy (non-hydrogen) atoms. The number of anilines is 3. The molecule has 1 aromatic heterocycles. The highest BCUT2D eigenvalue weighted by atomic mass is 15.1. The van der Waals surface area contributed by atoms with Gasteiger partial charge in [0, 0.05) is 28.6 Å². The van der Waals surface area contributed by atoms with E-state index in [1.54, 1.807) is 0 Å². The normalized spacial score (nSPS) is 11.6. The average Bonchev–Trinajstić information content (AvgIpc) is 3.59. The minimum atomic E-state index is 0.977. The van der Waals surface area contributed by atoms with Gasteiger partial charge in [0.2, 0.25) is 0 Å². The molecule has 2 heteroatoms. The number of pyridine rings is 1. The lowest BCUT2D eigenvalue weighted by molar-refractivity contribution is 1.28. The number of fused-ring (bicyclic) bond motifs is 5. The molecule has 2 nitrogen and oxygen atoms in total. The van der Waals surface area contributed by atoms with Crippen molar-refractivity contribution in [2.45, 2.75) is 0 Å². The molecule has 0 unspecified atom stereocenters. The average molecular weight is 699 g/mol. The monoisotopic (exact) mass is 698 g/mol. The zero-order valence-electron chi connectivity index (χ0n) is 30.0. The number of para-hydroxylation sites is 1. The van der Waals surface area contributed by atoms with E-state index in [9.17, 15) is 0 Å². The Bertz CT molecular complexity index is 2970. The molecule has 0 saturated heterocycles. The summed E-state index contributed by atoms with van der Waals surface area (Å²) < 4.78 is 0. The molecule has 0 radical (unpaired) electrons. The second-order valence-corrected chi connectivity index (χ2v) is 14.3. The van der Waals surface area contributed by atoms with E-state index in [4.69, 9.17) is 0 Å². The van der Waals surface area contributed by atoms with Gasteiger partial charge in [-0.05, 0) is 120 Å². The van der Waals surface area contributed by atoms with Gasteiger partial charge in [-0.2, -0.15) is 0 Å². The van der Waals surface area contributed by atoms with Gasteiger partial charge in [-0.25, -0.2) is 0 Å². The molecule has 10 aromatic rings. The van der Waals surface area contributed by atoms with Crippen LogP contribution >= 0.6 is 0 Å². The number of nitrogens with zero attached hydrogens (tertiary/aromatic N) is 2. The van der Waals surface area contributed by atoms with E-state index in [1.807, 2.05) is 12.3 Å². The summed E-state index contributed by atoms with van der Waals surface area (Å²) in [5.74, 6) is 0. The van der Waals surface area contributed by atoms with Gasteiger partial charge in [0.05, 0.1) is 5.52 Å². The van der Waals surface area contributed by atoms with Gasteiger partial charge in [-0.3, -0.25) is 4.98 Å². The van der Waals surface area contributed by atoms with Crippen LogP contribution in [0, 0.1) is 0 Å². The maximum atomic E-state index is 4.66. The number of hydrogen-bond acceptors (Lipinski definition) is 2. The first-order chi connectivity index (χ1) is 27.3. The third kappa shape index (κ3) is 5.00. The topological polar surface area (TPSA) is 16.1 Å². The van der Waals surface area contributed by atoms with E-state index in [-0.39, 0.29) is 0 Å². The fourth-order valence-electron chi connectivity index (χ4n) is 8.87. The molecule has 9 aromatic carbocycles. The Labute approximate surface area is 320 Å². The Balaban J connectivity index is 1.10. The molecule has 0 bridgehead atoms. The van der Waals surface area contributed by atoms with Crippen molar-refractivity contribution in [2.24, 2.45) is 0 Å². The minimum absolute atomic E-state index is 0.977. The van der Waals surface area contributed by atoms with Crippen LogP contribution in [-0.4, -0.2) is 4.98 Å². The van der Waals surface area contributed by atoms with E-state index in [2.05, 4.69) is 204 Å². The molecule has 0 saturated carbocycles. The van der Waals surface area contributed by atoms with Gasteiger partial charge < -0.3 is 4.90 Å². The summed E-state index contributed by atoms with van der Waals surface area (Å²) in [6.07, 6.45) is 1.86. The number of aromatic nitrogens is 1. The summed E-state index contributed by atoms with van der Waals surface area (Å²) in [5, 5.41) is 6.26. The first-order valence-electron chi connectivity index (χ1n) is 18.9. The van der Waals surface area contributed by atoms with Crippen LogP contribution in [0.3, 0.4) is 0 Å². The maximum Gasteiger partial charge on any atom is 0.0722 e. The van der Waals surface area contributed by atoms with Gasteiger partial charge in [0.1, 0.15) is 0 Å². The first-order valence-corrected chi connectivity index (χ1v) is 18.9. The fourth-order valence-corrected chi connectivity index (χ4v) is 8.87. The number of rotatable bonds is 6. The molecular formula is C53H34N2. The summed E-state index contributed by atoms with van der Waals surface area (Å²) in [7, 11) is 0. The van der Waals surface area contributed by atoms with Crippen LogP contribution in [0.15, 0.2) is 206 Å². The first kappa shape index (κ1) is 31.3. The van der Waals surface area contributed by atoms with Crippen molar-refractivity contribution in [3.8, 4) is 55.6 Å². The predicted octanol–water partition coefficient (Wildman–Crippen LogP) is 14.7. The Hall–Kier alpha value is -7.29. The van der Waals surface area contributed by atoms with Crippen molar-refractivity contribution in [3.05, 3.63) is 206 Å². The van der Waals surface area contributed by atoms with Crippen LogP contribution < -0.4 is 4.90 Å². The Morgan fingerprint density at radius 3 is 1.55 bits per heavy atom. The zero-order chi connectivity index (χ0) is 36.3. The molecule has 0 amide bonds. The van der Waals surface area contributed by atoms with Gasteiger partial charge in [-0.1, -0.05) is 158 Å². The SMILES string of the molecule is c1ccc(-c2c3c(c(-c4ccccc4)c4ccccc24)-c2ccc(-c4ccc(N(c5ccccc5)c5ccc6cccnc6c5)cc4)c4cccc-3c24)cc1. The largest absolute Gasteiger partial charge is 0.310 e. The quantitative estimate of drug-likeness (QED) is 0.172. The van der Waals surface area contributed by atoms with Gasteiger partial charge >= 0.3 is 0 Å². The summed E-state index contributed by atoms with van der Waals surface area (Å²) >= 11 is 0. The summed E-state index contributed by atoms with van der Waals surface area (Å²) in [4.78, 5) is 6.97. The van der Waals surface area contributed by atoms with E-state index in [1.165, 1.54) is 77.2 Å². The van der Waals surface area contributed by atoms with Crippen LogP contribution in [-0.2, 0) is 0 Å². The molecule has 0 spiro atoms. The van der Waals surface area contributed by atoms with Crippen molar-refractivity contribution in [2.75, 3.05) is 4.90 Å². The molecule has 1 heterocycles. The second kappa shape index (κ2) is 12.7. The fraction of sp³-hybridized carbons (Fsp3) is 0. The summed E-state index contributed by atoms with van der Waals surface area (Å²) in [5.41, 5.74) is 17.0. The van der Waals surface area contributed by atoms with Crippen molar-refractivity contribution in [1.29, 1.82) is 0 Å². The van der Waals surface area contributed by atoms with Crippen LogP contribution in [0.1, 0.15) is 0 Å². The summed E-state index contributed by atoms with van der Waals surface area (Å²) in [6, 6.07) is 72.6. The molecule has 1 aliphatic rings. The third-order valence-corrected chi connectivity index (χ3v) is 11.2. The smallest absolute Gasteiger partial charge is 0.0722 e. The van der Waals surface area contributed by atoms with E-state index in [0.717, 1.165) is 28.0 Å². The second-order valence-electron chi connectivity index (χ2n) is 14.3. The van der Waals surface area contributed by atoms with Gasteiger partial charge in [0.25, 0.3) is 0 Å². The molecule has 11 rings (SSSR count). The van der Waals surface area contributed by atoms with Crippen molar-refractivity contribution in [3.63, 3.8) is 0 Å². The highest BCUT2D eigenvalue weighted by Gasteiger charge is 2.31. The van der Waals surface area contributed by atoms with Crippen molar-refractivity contribution < 1.29 is 0 Å². The Morgan fingerprint density at radius 1 is 0.327 bits per heavy atom. The van der Waals surface area contributed by atoms with Crippen LogP contribution in [0.4, 0.5) is 17.1 Å². The molecular weight excluding hydrogens is 665 g/mol. The predicted molar refractivity (Wildman–Crippen MR) is 232 cm³/mol. The van der Waals surface area contributed by atoms with Gasteiger partial charge in [0.15, 0.2) is 0 Å². The van der Waals surface area contributed by atoms with Gasteiger partial charge in [-0.15, -0.1) is 0 Å². The van der Waals surface area contributed by atoms with Crippen LogP contribution in [0.2, 0.25) is 0 Å².